The van der Waals surface area contributed by atoms with E-state index in [1.54, 1.807) is 17.4 Å². The van der Waals surface area contributed by atoms with E-state index < -0.39 is 0 Å². The fourth-order valence-corrected chi connectivity index (χ4v) is 3.12. The van der Waals surface area contributed by atoms with E-state index in [0.717, 1.165) is 10.6 Å². The van der Waals surface area contributed by atoms with Crippen LogP contribution < -0.4 is 5.32 Å². The third kappa shape index (κ3) is 3.41. The van der Waals surface area contributed by atoms with Gasteiger partial charge in [-0.05, 0) is 37.8 Å². The Morgan fingerprint density at radius 3 is 2.90 bits per heavy atom. The largest absolute Gasteiger partial charge is 0.308 e. The Labute approximate surface area is 122 Å². The highest BCUT2D eigenvalue weighted by Gasteiger charge is 2.27. The van der Waals surface area contributed by atoms with E-state index >= 15 is 0 Å². The first-order valence-corrected chi connectivity index (χ1v) is 7.83. The van der Waals surface area contributed by atoms with Crippen LogP contribution in [-0.2, 0) is 13.0 Å². The molecule has 0 radical (unpaired) electrons. The van der Waals surface area contributed by atoms with Gasteiger partial charge in [-0.25, -0.2) is 4.39 Å². The molecule has 0 bridgehead atoms. The van der Waals surface area contributed by atoms with Crippen molar-refractivity contribution in [2.45, 2.75) is 44.7 Å². The highest BCUT2D eigenvalue weighted by Crippen LogP contribution is 2.41. The van der Waals surface area contributed by atoms with Gasteiger partial charge in [-0.2, -0.15) is 0 Å². The van der Waals surface area contributed by atoms with E-state index in [1.807, 2.05) is 12.1 Å². The van der Waals surface area contributed by atoms with Crippen LogP contribution in [0.3, 0.4) is 0 Å². The summed E-state index contributed by atoms with van der Waals surface area (Å²) in [4.78, 5) is 0. The Balaban J connectivity index is 1.51. The van der Waals surface area contributed by atoms with Crippen LogP contribution >= 0.6 is 11.3 Å². The average Bonchev–Trinajstić information content (AvgIpc) is 3.18. The molecule has 20 heavy (non-hydrogen) atoms. The normalized spacial score (nSPS) is 16.3. The lowest BCUT2D eigenvalue weighted by molar-refractivity contribution is 0.524. The standard InChI is InChI=1S/C15H18FN3S/c1-10(8-12-4-2-3-5-13(12)16)17-9-14-18-19-15(20-14)11-6-7-11/h2-5,10-11,17H,6-9H2,1H3/t10-/m0/s1. The molecule has 0 unspecified atom stereocenters. The number of hydrogen-bond donors (Lipinski definition) is 1. The van der Waals surface area contributed by atoms with Gasteiger partial charge < -0.3 is 5.32 Å². The zero-order chi connectivity index (χ0) is 13.9. The molecule has 0 spiro atoms. The second-order valence-electron chi connectivity index (χ2n) is 5.39. The predicted octanol–water partition coefficient (Wildman–Crippen LogP) is 3.28. The van der Waals surface area contributed by atoms with Gasteiger partial charge >= 0.3 is 0 Å². The summed E-state index contributed by atoms with van der Waals surface area (Å²) in [6, 6.07) is 7.15. The van der Waals surface area contributed by atoms with Crippen LogP contribution in [0.5, 0.6) is 0 Å². The molecule has 1 aliphatic rings. The van der Waals surface area contributed by atoms with E-state index in [4.69, 9.17) is 0 Å². The summed E-state index contributed by atoms with van der Waals surface area (Å²) in [7, 11) is 0. The number of nitrogens with one attached hydrogen (secondary N) is 1. The van der Waals surface area contributed by atoms with E-state index in [9.17, 15) is 4.39 Å². The molecule has 1 aromatic carbocycles. The fraction of sp³-hybridized carbons (Fsp3) is 0.467. The molecule has 0 aliphatic heterocycles. The number of benzene rings is 1. The van der Waals surface area contributed by atoms with Gasteiger partial charge in [-0.3, -0.25) is 0 Å². The maximum atomic E-state index is 13.6. The minimum atomic E-state index is -0.131. The molecule has 5 heteroatoms. The SMILES string of the molecule is C[C@@H](Cc1ccccc1F)NCc1nnc(C2CC2)s1. The van der Waals surface area contributed by atoms with Crippen molar-refractivity contribution in [3.8, 4) is 0 Å². The monoisotopic (exact) mass is 291 g/mol. The number of halogens is 1. The lowest BCUT2D eigenvalue weighted by Crippen LogP contribution is -2.27. The van der Waals surface area contributed by atoms with Gasteiger partial charge in [0.1, 0.15) is 15.8 Å². The fourth-order valence-electron chi connectivity index (χ4n) is 2.16. The summed E-state index contributed by atoms with van der Waals surface area (Å²) in [5, 5.41) is 14.0. The molecular formula is C15H18FN3S. The number of aromatic nitrogens is 2. The Hall–Kier alpha value is -1.33. The maximum absolute atomic E-state index is 13.6. The molecule has 1 heterocycles. The number of nitrogens with zero attached hydrogens (tertiary/aromatic N) is 2. The van der Waals surface area contributed by atoms with E-state index in [-0.39, 0.29) is 11.9 Å². The minimum Gasteiger partial charge on any atom is -0.308 e. The van der Waals surface area contributed by atoms with E-state index in [2.05, 4.69) is 22.4 Å². The highest BCUT2D eigenvalue weighted by molar-refractivity contribution is 7.11. The summed E-state index contributed by atoms with van der Waals surface area (Å²) in [6.07, 6.45) is 3.19. The second-order valence-corrected chi connectivity index (χ2v) is 6.48. The van der Waals surface area contributed by atoms with Crippen molar-refractivity contribution in [2.24, 2.45) is 0 Å². The molecular weight excluding hydrogens is 273 g/mol. The topological polar surface area (TPSA) is 37.8 Å². The molecule has 2 aromatic rings. The van der Waals surface area contributed by atoms with Crippen LogP contribution in [0.25, 0.3) is 0 Å². The van der Waals surface area contributed by atoms with Gasteiger partial charge in [0.2, 0.25) is 0 Å². The van der Waals surface area contributed by atoms with Gasteiger partial charge in [0.25, 0.3) is 0 Å². The Bertz CT molecular complexity index is 580. The van der Waals surface area contributed by atoms with Crippen molar-refractivity contribution in [3.63, 3.8) is 0 Å². The molecule has 3 nitrogen and oxygen atoms in total. The van der Waals surface area contributed by atoms with Crippen LogP contribution in [0.4, 0.5) is 4.39 Å². The summed E-state index contributed by atoms with van der Waals surface area (Å²) in [5.41, 5.74) is 0.753. The Kier molecular flexibility index (Phi) is 4.08. The highest BCUT2D eigenvalue weighted by atomic mass is 32.1. The molecule has 0 saturated heterocycles. The van der Waals surface area contributed by atoms with Crippen LogP contribution in [-0.4, -0.2) is 16.2 Å². The first-order valence-electron chi connectivity index (χ1n) is 7.01. The molecule has 0 amide bonds. The smallest absolute Gasteiger partial charge is 0.131 e. The van der Waals surface area contributed by atoms with Crippen molar-refractivity contribution in [3.05, 3.63) is 45.7 Å². The summed E-state index contributed by atoms with van der Waals surface area (Å²) in [6.45, 7) is 2.77. The molecule has 1 saturated carbocycles. The molecule has 1 aromatic heterocycles. The Morgan fingerprint density at radius 2 is 2.15 bits per heavy atom. The third-order valence-electron chi connectivity index (χ3n) is 3.49. The second kappa shape index (κ2) is 5.97. The summed E-state index contributed by atoms with van der Waals surface area (Å²) in [5.74, 6) is 0.533. The first kappa shape index (κ1) is 13.6. The molecule has 3 rings (SSSR count). The lowest BCUT2D eigenvalue weighted by Gasteiger charge is -2.13. The number of rotatable bonds is 6. The van der Waals surface area contributed by atoms with Crippen molar-refractivity contribution < 1.29 is 4.39 Å². The molecule has 1 fully saturated rings. The van der Waals surface area contributed by atoms with Gasteiger partial charge in [0.05, 0.1) is 0 Å². The molecule has 1 N–H and O–H groups in total. The van der Waals surface area contributed by atoms with Gasteiger partial charge in [0.15, 0.2) is 0 Å². The zero-order valence-electron chi connectivity index (χ0n) is 11.5. The van der Waals surface area contributed by atoms with E-state index in [1.165, 1.54) is 23.9 Å². The number of hydrogen-bond acceptors (Lipinski definition) is 4. The zero-order valence-corrected chi connectivity index (χ0v) is 12.3. The minimum absolute atomic E-state index is 0.131. The molecule has 1 atom stereocenters. The Morgan fingerprint density at radius 1 is 1.35 bits per heavy atom. The van der Waals surface area contributed by atoms with Crippen molar-refractivity contribution in [2.75, 3.05) is 0 Å². The summed E-state index contributed by atoms with van der Waals surface area (Å²) >= 11 is 1.70. The van der Waals surface area contributed by atoms with Crippen LogP contribution in [0.2, 0.25) is 0 Å². The van der Waals surface area contributed by atoms with Crippen molar-refractivity contribution in [1.29, 1.82) is 0 Å². The van der Waals surface area contributed by atoms with Gasteiger partial charge in [-0.1, -0.05) is 29.5 Å². The van der Waals surface area contributed by atoms with Crippen LogP contribution in [0.1, 0.15) is 41.3 Å². The van der Waals surface area contributed by atoms with Crippen molar-refractivity contribution >= 4 is 11.3 Å². The lowest BCUT2D eigenvalue weighted by atomic mass is 10.1. The summed E-state index contributed by atoms with van der Waals surface area (Å²) < 4.78 is 13.6. The molecule has 1 aliphatic carbocycles. The average molecular weight is 291 g/mol. The van der Waals surface area contributed by atoms with Crippen molar-refractivity contribution in [1.82, 2.24) is 15.5 Å². The predicted molar refractivity (Wildman–Crippen MR) is 78.3 cm³/mol. The van der Waals surface area contributed by atoms with E-state index in [0.29, 0.717) is 18.9 Å². The third-order valence-corrected chi connectivity index (χ3v) is 4.58. The maximum Gasteiger partial charge on any atom is 0.131 e. The quantitative estimate of drug-likeness (QED) is 0.887. The van der Waals surface area contributed by atoms with Crippen LogP contribution in [0, 0.1) is 5.82 Å². The first-order chi connectivity index (χ1) is 9.72. The van der Waals surface area contributed by atoms with Crippen LogP contribution in [0.15, 0.2) is 24.3 Å². The van der Waals surface area contributed by atoms with Gasteiger partial charge in [-0.15, -0.1) is 10.2 Å². The molecule has 106 valence electrons. The van der Waals surface area contributed by atoms with Gasteiger partial charge in [0, 0.05) is 18.5 Å².